The largest absolute Gasteiger partial charge is 0.469 e. The van der Waals surface area contributed by atoms with Gasteiger partial charge in [0.2, 0.25) is 0 Å². The number of methoxy groups -OCH3 is 1. The highest BCUT2D eigenvalue weighted by atomic mass is 32.2. The number of ether oxygens (including phenoxy) is 1. The van der Waals surface area contributed by atoms with E-state index in [9.17, 15) is 9.90 Å². The van der Waals surface area contributed by atoms with Crippen LogP contribution in [0.1, 0.15) is 34.1 Å². The molecule has 1 aliphatic rings. The zero-order chi connectivity index (χ0) is 13.3. The Kier molecular flexibility index (Phi) is 4.53. The van der Waals surface area contributed by atoms with E-state index in [0.29, 0.717) is 12.2 Å². The summed E-state index contributed by atoms with van der Waals surface area (Å²) in [4.78, 5) is 11.9. The zero-order valence-electron chi connectivity index (χ0n) is 11.4. The smallest absolute Gasteiger partial charge is 0.311 e. The van der Waals surface area contributed by atoms with E-state index in [2.05, 4.69) is 13.8 Å². The van der Waals surface area contributed by atoms with Crippen LogP contribution in [-0.4, -0.2) is 35.3 Å². The van der Waals surface area contributed by atoms with Crippen LogP contribution in [0.3, 0.4) is 0 Å². The molecule has 4 heteroatoms. The van der Waals surface area contributed by atoms with Gasteiger partial charge in [0.05, 0.1) is 18.6 Å². The molecule has 0 aromatic rings. The topological polar surface area (TPSA) is 46.5 Å². The monoisotopic (exact) mass is 260 g/mol. The van der Waals surface area contributed by atoms with Gasteiger partial charge in [-0.05, 0) is 23.5 Å². The first-order chi connectivity index (χ1) is 7.72. The number of hydrogen-bond donors (Lipinski definition) is 1. The van der Waals surface area contributed by atoms with Crippen LogP contribution >= 0.6 is 11.8 Å². The van der Waals surface area contributed by atoms with E-state index in [-0.39, 0.29) is 17.3 Å². The van der Waals surface area contributed by atoms with Crippen LogP contribution in [0.4, 0.5) is 0 Å². The number of aliphatic hydroxyl groups is 1. The Labute approximate surface area is 108 Å². The van der Waals surface area contributed by atoms with Gasteiger partial charge in [-0.2, -0.15) is 11.8 Å². The van der Waals surface area contributed by atoms with Crippen LogP contribution in [-0.2, 0) is 9.53 Å². The average Bonchev–Trinajstić information content (AvgIpc) is 2.14. The molecule has 100 valence electrons. The van der Waals surface area contributed by atoms with Gasteiger partial charge in [-0.15, -0.1) is 0 Å². The van der Waals surface area contributed by atoms with Crippen molar-refractivity contribution in [2.24, 2.45) is 17.3 Å². The summed E-state index contributed by atoms with van der Waals surface area (Å²) < 4.78 is 4.85. The predicted octanol–water partition coefficient (Wildman–Crippen LogP) is 2.33. The molecule has 0 aromatic carbocycles. The van der Waals surface area contributed by atoms with E-state index in [1.54, 1.807) is 11.8 Å². The molecule has 1 heterocycles. The van der Waals surface area contributed by atoms with Crippen molar-refractivity contribution < 1.29 is 14.6 Å². The molecule has 2 atom stereocenters. The van der Waals surface area contributed by atoms with Gasteiger partial charge in [-0.3, -0.25) is 4.79 Å². The first-order valence-corrected chi connectivity index (χ1v) is 7.25. The first-order valence-electron chi connectivity index (χ1n) is 6.10. The molecule has 1 saturated heterocycles. The summed E-state index contributed by atoms with van der Waals surface area (Å²) in [5, 5.41) is 10.8. The van der Waals surface area contributed by atoms with Crippen molar-refractivity contribution in [2.75, 3.05) is 18.6 Å². The summed E-state index contributed by atoms with van der Waals surface area (Å²) in [6.07, 6.45) is 0.658. The van der Waals surface area contributed by atoms with Gasteiger partial charge in [0.1, 0.15) is 0 Å². The molecular formula is C13H24O3S. The molecule has 0 bridgehead atoms. The van der Waals surface area contributed by atoms with E-state index >= 15 is 0 Å². The minimum Gasteiger partial charge on any atom is -0.469 e. The van der Waals surface area contributed by atoms with Gasteiger partial charge >= 0.3 is 5.97 Å². The first kappa shape index (κ1) is 14.8. The summed E-state index contributed by atoms with van der Waals surface area (Å²) in [6.45, 7) is 8.20. The van der Waals surface area contributed by atoms with E-state index in [1.807, 2.05) is 13.8 Å². The summed E-state index contributed by atoms with van der Waals surface area (Å²) in [5.41, 5.74) is -0.869. The lowest BCUT2D eigenvalue weighted by atomic mass is 9.71. The van der Waals surface area contributed by atoms with E-state index in [0.717, 1.165) is 5.75 Å². The molecule has 1 aliphatic heterocycles. The van der Waals surface area contributed by atoms with Crippen LogP contribution in [0, 0.1) is 17.3 Å². The summed E-state index contributed by atoms with van der Waals surface area (Å²) in [6, 6.07) is 0. The number of esters is 1. The highest BCUT2D eigenvalue weighted by Gasteiger charge is 2.49. The van der Waals surface area contributed by atoms with Crippen molar-refractivity contribution in [3.63, 3.8) is 0 Å². The lowest BCUT2D eigenvalue weighted by Gasteiger charge is -2.45. The van der Waals surface area contributed by atoms with Crippen molar-refractivity contribution in [3.8, 4) is 0 Å². The number of carbonyl (C=O) groups excluding carboxylic acids is 1. The fraction of sp³-hybridized carbons (Fsp3) is 0.923. The Morgan fingerprint density at radius 1 is 1.35 bits per heavy atom. The SMILES string of the molecule is COC(=O)C(C(C)C)C1(O)CSCC(C)(C)C1. The molecule has 1 rings (SSSR count). The minimum atomic E-state index is -0.937. The van der Waals surface area contributed by atoms with Crippen LogP contribution in [0.25, 0.3) is 0 Å². The van der Waals surface area contributed by atoms with Gasteiger partial charge in [-0.1, -0.05) is 27.7 Å². The highest BCUT2D eigenvalue weighted by Crippen LogP contribution is 2.44. The van der Waals surface area contributed by atoms with Gasteiger partial charge in [0.15, 0.2) is 0 Å². The van der Waals surface area contributed by atoms with Crippen molar-refractivity contribution in [1.29, 1.82) is 0 Å². The molecule has 0 radical (unpaired) electrons. The third-order valence-corrected chi connectivity index (χ3v) is 5.02. The van der Waals surface area contributed by atoms with E-state index in [1.165, 1.54) is 7.11 Å². The van der Waals surface area contributed by atoms with E-state index in [4.69, 9.17) is 4.74 Å². The Morgan fingerprint density at radius 3 is 2.35 bits per heavy atom. The molecule has 17 heavy (non-hydrogen) atoms. The second-order valence-corrected chi connectivity index (χ2v) is 7.17. The maximum atomic E-state index is 11.9. The van der Waals surface area contributed by atoms with Crippen LogP contribution in [0.2, 0.25) is 0 Å². The molecule has 1 fully saturated rings. The normalized spacial score (nSPS) is 30.1. The molecule has 0 amide bonds. The third kappa shape index (κ3) is 3.38. The van der Waals surface area contributed by atoms with Gasteiger partial charge in [-0.25, -0.2) is 0 Å². The fourth-order valence-corrected chi connectivity index (χ4v) is 4.27. The maximum absolute atomic E-state index is 11.9. The minimum absolute atomic E-state index is 0.0683. The molecule has 0 spiro atoms. The molecule has 1 N–H and O–H groups in total. The zero-order valence-corrected chi connectivity index (χ0v) is 12.3. The number of carbonyl (C=O) groups is 1. The molecule has 0 aromatic heterocycles. The van der Waals surface area contributed by atoms with Crippen molar-refractivity contribution in [2.45, 2.75) is 39.7 Å². The highest BCUT2D eigenvalue weighted by molar-refractivity contribution is 7.99. The molecule has 3 nitrogen and oxygen atoms in total. The van der Waals surface area contributed by atoms with Crippen molar-refractivity contribution in [1.82, 2.24) is 0 Å². The quantitative estimate of drug-likeness (QED) is 0.791. The van der Waals surface area contributed by atoms with Crippen molar-refractivity contribution in [3.05, 3.63) is 0 Å². The summed E-state index contributed by atoms with van der Waals surface area (Å²) in [7, 11) is 1.39. The number of rotatable bonds is 3. The van der Waals surface area contributed by atoms with Crippen LogP contribution in [0.5, 0.6) is 0 Å². The second-order valence-electron chi connectivity index (χ2n) is 6.18. The summed E-state index contributed by atoms with van der Waals surface area (Å²) in [5.74, 6) is 1.01. The average molecular weight is 260 g/mol. The third-order valence-electron chi connectivity index (χ3n) is 3.33. The van der Waals surface area contributed by atoms with Gasteiger partial charge in [0, 0.05) is 5.75 Å². The standard InChI is InChI=1S/C13H24O3S/c1-9(2)10(11(14)16-5)13(15)6-12(3,4)7-17-8-13/h9-10,15H,6-8H2,1-5H3. The summed E-state index contributed by atoms with van der Waals surface area (Å²) >= 11 is 1.72. The predicted molar refractivity (Wildman–Crippen MR) is 71.0 cm³/mol. The van der Waals surface area contributed by atoms with Crippen molar-refractivity contribution >= 4 is 17.7 Å². The Morgan fingerprint density at radius 2 is 1.94 bits per heavy atom. The molecule has 0 aliphatic carbocycles. The lowest BCUT2D eigenvalue weighted by Crippen LogP contribution is -2.53. The fourth-order valence-electron chi connectivity index (χ4n) is 2.87. The molecule has 0 saturated carbocycles. The Hall–Kier alpha value is -0.220. The van der Waals surface area contributed by atoms with Crippen LogP contribution < -0.4 is 0 Å². The second kappa shape index (κ2) is 5.19. The number of thioether (sulfide) groups is 1. The van der Waals surface area contributed by atoms with Gasteiger partial charge < -0.3 is 9.84 Å². The Bertz CT molecular complexity index is 288. The Balaban J connectivity index is 2.95. The maximum Gasteiger partial charge on any atom is 0.311 e. The van der Waals surface area contributed by atoms with Crippen LogP contribution in [0.15, 0.2) is 0 Å². The van der Waals surface area contributed by atoms with E-state index < -0.39 is 11.5 Å². The van der Waals surface area contributed by atoms with Gasteiger partial charge in [0.25, 0.3) is 0 Å². The molecular weight excluding hydrogens is 236 g/mol. The number of hydrogen-bond acceptors (Lipinski definition) is 4. The lowest BCUT2D eigenvalue weighted by molar-refractivity contribution is -0.160. The molecule has 2 unspecified atom stereocenters.